The number of amides is 2. The van der Waals surface area contributed by atoms with Crippen LogP contribution in [-0.2, 0) is 16.1 Å². The Hall–Kier alpha value is -1.88. The molecule has 1 aromatic rings. The van der Waals surface area contributed by atoms with Crippen molar-refractivity contribution in [2.75, 3.05) is 26.2 Å². The zero-order valence-electron chi connectivity index (χ0n) is 16.6. The fourth-order valence-corrected chi connectivity index (χ4v) is 3.29. The third-order valence-electron chi connectivity index (χ3n) is 4.89. The van der Waals surface area contributed by atoms with Crippen LogP contribution in [0.2, 0.25) is 0 Å². The van der Waals surface area contributed by atoms with E-state index in [0.717, 1.165) is 39.0 Å². The van der Waals surface area contributed by atoms with Gasteiger partial charge in [-0.1, -0.05) is 64.4 Å². The van der Waals surface area contributed by atoms with Crippen LogP contribution in [0, 0.1) is 5.41 Å². The summed E-state index contributed by atoms with van der Waals surface area (Å²) in [6.07, 6.45) is 2.17. The number of benzene rings is 1. The Kier molecular flexibility index (Phi) is 7.21. The molecule has 1 N–H and O–H groups in total. The molecule has 1 aliphatic rings. The maximum absolute atomic E-state index is 12.5. The Balaban J connectivity index is 1.91. The zero-order valence-corrected chi connectivity index (χ0v) is 16.6. The highest BCUT2D eigenvalue weighted by Gasteiger charge is 2.29. The first kappa shape index (κ1) is 20.4. The fourth-order valence-electron chi connectivity index (χ4n) is 3.29. The van der Waals surface area contributed by atoms with Gasteiger partial charge >= 0.3 is 0 Å². The van der Waals surface area contributed by atoms with Crippen molar-refractivity contribution < 1.29 is 9.59 Å². The van der Waals surface area contributed by atoms with Crippen LogP contribution >= 0.6 is 0 Å². The van der Waals surface area contributed by atoms with E-state index in [1.54, 1.807) is 0 Å². The zero-order chi connectivity index (χ0) is 19.2. The maximum Gasteiger partial charge on any atom is 0.242 e. The Labute approximate surface area is 157 Å². The van der Waals surface area contributed by atoms with Crippen molar-refractivity contribution >= 4 is 11.8 Å². The summed E-state index contributed by atoms with van der Waals surface area (Å²) >= 11 is 0. The topological polar surface area (TPSA) is 52.7 Å². The summed E-state index contributed by atoms with van der Waals surface area (Å²) in [5, 5.41) is 2.77. The van der Waals surface area contributed by atoms with Crippen molar-refractivity contribution in [3.8, 4) is 0 Å². The van der Waals surface area contributed by atoms with Gasteiger partial charge in [0.25, 0.3) is 0 Å². The van der Waals surface area contributed by atoms with Crippen molar-refractivity contribution in [3.63, 3.8) is 0 Å². The minimum Gasteiger partial charge on any atom is -0.347 e. The van der Waals surface area contributed by atoms with E-state index in [9.17, 15) is 9.59 Å². The second-order valence-electron chi connectivity index (χ2n) is 8.17. The number of rotatable bonds is 6. The first-order valence-corrected chi connectivity index (χ1v) is 9.65. The van der Waals surface area contributed by atoms with Gasteiger partial charge in [0.1, 0.15) is 0 Å². The van der Waals surface area contributed by atoms with Gasteiger partial charge in [-0.15, -0.1) is 0 Å². The quantitative estimate of drug-likeness (QED) is 0.850. The summed E-state index contributed by atoms with van der Waals surface area (Å²) in [6, 6.07) is 10.9. The average Bonchev–Trinajstić information content (AvgIpc) is 2.61. The van der Waals surface area contributed by atoms with E-state index >= 15 is 0 Å². The lowest BCUT2D eigenvalue weighted by molar-refractivity contribution is -0.137. The molecule has 0 unspecified atom stereocenters. The second kappa shape index (κ2) is 9.17. The van der Waals surface area contributed by atoms with Gasteiger partial charge in [-0.25, -0.2) is 0 Å². The Morgan fingerprint density at radius 2 is 1.85 bits per heavy atom. The molecule has 1 atom stereocenters. The van der Waals surface area contributed by atoms with E-state index in [4.69, 9.17) is 0 Å². The maximum atomic E-state index is 12.5. The van der Waals surface area contributed by atoms with Gasteiger partial charge in [-0.3, -0.25) is 14.5 Å². The molecule has 26 heavy (non-hydrogen) atoms. The van der Waals surface area contributed by atoms with E-state index in [1.807, 2.05) is 31.7 Å². The summed E-state index contributed by atoms with van der Waals surface area (Å²) in [5.41, 5.74) is 0.838. The van der Waals surface area contributed by atoms with Gasteiger partial charge in [0.05, 0.1) is 6.54 Å². The third kappa shape index (κ3) is 5.84. The van der Waals surface area contributed by atoms with Crippen LogP contribution in [0.1, 0.15) is 46.1 Å². The molecule has 0 aromatic heterocycles. The lowest BCUT2D eigenvalue weighted by atomic mass is 9.96. The van der Waals surface area contributed by atoms with Crippen LogP contribution in [0.25, 0.3) is 0 Å². The lowest BCUT2D eigenvalue weighted by Gasteiger charge is -2.41. The van der Waals surface area contributed by atoms with Crippen LogP contribution < -0.4 is 5.32 Å². The average molecular weight is 360 g/mol. The largest absolute Gasteiger partial charge is 0.347 e. The van der Waals surface area contributed by atoms with Gasteiger partial charge in [0.15, 0.2) is 0 Å². The molecule has 2 amide bonds. The second-order valence-corrected chi connectivity index (χ2v) is 8.17. The van der Waals surface area contributed by atoms with E-state index in [2.05, 4.69) is 41.4 Å². The molecule has 1 fully saturated rings. The van der Waals surface area contributed by atoms with Crippen LogP contribution in [0.4, 0.5) is 0 Å². The standard InChI is InChI=1S/C21H33N3O2/c1-5-9-18-16-24(19(25)14-22-20(26)21(2,3)4)13-12-23(18)15-17-10-7-6-8-11-17/h6-8,10-11,18H,5,9,12-16H2,1-4H3,(H,22,26)/t18-/m1/s1. The summed E-state index contributed by atoms with van der Waals surface area (Å²) < 4.78 is 0. The van der Waals surface area contributed by atoms with Crippen molar-refractivity contribution in [2.24, 2.45) is 5.41 Å². The molecule has 1 heterocycles. The molecule has 2 rings (SSSR count). The van der Waals surface area contributed by atoms with Gasteiger partial charge in [-0.2, -0.15) is 0 Å². The van der Waals surface area contributed by atoms with Gasteiger partial charge in [0.2, 0.25) is 11.8 Å². The number of carbonyl (C=O) groups excluding carboxylic acids is 2. The highest BCUT2D eigenvalue weighted by atomic mass is 16.2. The van der Waals surface area contributed by atoms with E-state index < -0.39 is 5.41 Å². The predicted octanol–water partition coefficient (Wildman–Crippen LogP) is 2.66. The molecule has 1 saturated heterocycles. The summed E-state index contributed by atoms with van der Waals surface area (Å²) in [7, 11) is 0. The Bertz CT molecular complexity index is 595. The van der Waals surface area contributed by atoms with Crippen molar-refractivity contribution in [1.82, 2.24) is 15.1 Å². The Morgan fingerprint density at radius 1 is 1.15 bits per heavy atom. The van der Waals surface area contributed by atoms with Crippen molar-refractivity contribution in [1.29, 1.82) is 0 Å². The number of piperazine rings is 1. The third-order valence-corrected chi connectivity index (χ3v) is 4.89. The van der Waals surface area contributed by atoms with Gasteiger partial charge in [-0.05, 0) is 12.0 Å². The van der Waals surface area contributed by atoms with Crippen molar-refractivity contribution in [2.45, 2.75) is 53.1 Å². The fraction of sp³-hybridized carbons (Fsp3) is 0.619. The number of nitrogens with zero attached hydrogens (tertiary/aromatic N) is 2. The monoisotopic (exact) mass is 359 g/mol. The molecule has 5 heteroatoms. The predicted molar refractivity (Wildman–Crippen MR) is 105 cm³/mol. The molecule has 0 radical (unpaired) electrons. The number of nitrogens with one attached hydrogen (secondary N) is 1. The summed E-state index contributed by atoms with van der Waals surface area (Å²) in [5.74, 6) is -0.0678. The molecule has 0 spiro atoms. The minimum atomic E-state index is -0.473. The Morgan fingerprint density at radius 3 is 2.46 bits per heavy atom. The number of hydrogen-bond donors (Lipinski definition) is 1. The van der Waals surface area contributed by atoms with Gasteiger partial charge in [0, 0.05) is 37.6 Å². The molecule has 1 aromatic carbocycles. The van der Waals surface area contributed by atoms with Crippen LogP contribution in [0.5, 0.6) is 0 Å². The lowest BCUT2D eigenvalue weighted by Crippen LogP contribution is -2.56. The molecule has 1 aliphatic heterocycles. The van der Waals surface area contributed by atoms with E-state index in [0.29, 0.717) is 6.04 Å². The molecular formula is C21H33N3O2. The first-order chi connectivity index (χ1) is 12.3. The van der Waals surface area contributed by atoms with E-state index in [-0.39, 0.29) is 18.4 Å². The molecule has 5 nitrogen and oxygen atoms in total. The number of hydrogen-bond acceptors (Lipinski definition) is 3. The molecule has 0 saturated carbocycles. The SMILES string of the molecule is CCC[C@@H]1CN(C(=O)CNC(=O)C(C)(C)C)CCN1Cc1ccccc1. The molecule has 0 bridgehead atoms. The molecule has 144 valence electrons. The van der Waals surface area contributed by atoms with Gasteiger partial charge < -0.3 is 10.2 Å². The molecular weight excluding hydrogens is 326 g/mol. The summed E-state index contributed by atoms with van der Waals surface area (Å²) in [4.78, 5) is 28.9. The van der Waals surface area contributed by atoms with Crippen molar-refractivity contribution in [3.05, 3.63) is 35.9 Å². The normalized spacial score (nSPS) is 18.6. The summed E-state index contributed by atoms with van der Waals surface area (Å²) in [6.45, 7) is 11.1. The molecule has 0 aliphatic carbocycles. The highest BCUT2D eigenvalue weighted by molar-refractivity contribution is 5.87. The highest BCUT2D eigenvalue weighted by Crippen LogP contribution is 2.18. The first-order valence-electron chi connectivity index (χ1n) is 9.65. The number of carbonyl (C=O) groups is 2. The van der Waals surface area contributed by atoms with Crippen LogP contribution in [0.3, 0.4) is 0 Å². The van der Waals surface area contributed by atoms with Crippen LogP contribution in [0.15, 0.2) is 30.3 Å². The van der Waals surface area contributed by atoms with Crippen LogP contribution in [-0.4, -0.2) is 53.8 Å². The van der Waals surface area contributed by atoms with E-state index in [1.165, 1.54) is 5.56 Å². The smallest absolute Gasteiger partial charge is 0.242 e. The minimum absolute atomic E-state index is 0.0167.